The van der Waals surface area contributed by atoms with Crippen LogP contribution in [0.15, 0.2) is 41.8 Å². The van der Waals surface area contributed by atoms with Crippen LogP contribution >= 0.6 is 11.3 Å². The van der Waals surface area contributed by atoms with Gasteiger partial charge in [0.25, 0.3) is 0 Å². The summed E-state index contributed by atoms with van der Waals surface area (Å²) in [7, 11) is 0. The summed E-state index contributed by atoms with van der Waals surface area (Å²) in [5.41, 5.74) is 0.715. The van der Waals surface area contributed by atoms with Gasteiger partial charge in [0.05, 0.1) is 24.9 Å². The number of nitrogens with one attached hydrogen (secondary N) is 1. The summed E-state index contributed by atoms with van der Waals surface area (Å²) in [6.07, 6.45) is 2.39. The molecule has 1 aliphatic heterocycles. The Morgan fingerprint density at radius 1 is 1.35 bits per heavy atom. The van der Waals surface area contributed by atoms with Crippen LogP contribution in [0.2, 0.25) is 0 Å². The monoisotopic (exact) mass is 374 g/mol. The number of anilines is 1. The molecule has 6 heteroatoms. The highest BCUT2D eigenvalue weighted by Crippen LogP contribution is 2.24. The molecule has 0 radical (unpaired) electrons. The number of carbonyl (C=O) groups is 1. The molecule has 1 saturated heterocycles. The fourth-order valence-electron chi connectivity index (χ4n) is 3.13. The summed E-state index contributed by atoms with van der Waals surface area (Å²) in [5.74, 6) is 0.666. The molecule has 1 fully saturated rings. The van der Waals surface area contributed by atoms with Crippen LogP contribution in [0, 0.1) is 0 Å². The Kier molecular flexibility index (Phi) is 7.05. The minimum Gasteiger partial charge on any atom is -0.492 e. The van der Waals surface area contributed by atoms with Crippen molar-refractivity contribution in [2.75, 3.05) is 31.6 Å². The van der Waals surface area contributed by atoms with Crippen LogP contribution in [0.4, 0.5) is 5.69 Å². The normalized spacial score (nSPS) is 16.8. The fraction of sp³-hybridized carbons (Fsp3) is 0.450. The molecule has 1 amide bonds. The van der Waals surface area contributed by atoms with Crippen LogP contribution in [0.1, 0.15) is 24.6 Å². The molecule has 1 atom stereocenters. The lowest BCUT2D eigenvalue weighted by molar-refractivity contribution is -0.117. The SMILES string of the molecule is CCOc1ccccc1NC(=O)CN(Cc1cccs1)C[C@H]1CCCO1. The Morgan fingerprint density at radius 2 is 2.23 bits per heavy atom. The number of hydrogen-bond donors (Lipinski definition) is 1. The standard InChI is InChI=1S/C20H26N2O3S/c1-2-24-19-10-4-3-9-18(19)21-20(23)15-22(13-16-7-5-11-25-16)14-17-8-6-12-26-17/h3-4,6,8-10,12,16H,2,5,7,11,13-15H2,1H3,(H,21,23)/t16-/m1/s1. The summed E-state index contributed by atoms with van der Waals surface area (Å²) in [6, 6.07) is 11.7. The Morgan fingerprint density at radius 3 is 2.96 bits per heavy atom. The van der Waals surface area contributed by atoms with Crippen molar-refractivity contribution < 1.29 is 14.3 Å². The van der Waals surface area contributed by atoms with E-state index >= 15 is 0 Å². The molecule has 1 aromatic carbocycles. The smallest absolute Gasteiger partial charge is 0.238 e. The lowest BCUT2D eigenvalue weighted by Crippen LogP contribution is -2.37. The number of nitrogens with zero attached hydrogens (tertiary/aromatic N) is 1. The third-order valence-corrected chi connectivity index (χ3v) is 5.13. The van der Waals surface area contributed by atoms with Gasteiger partial charge in [-0.2, -0.15) is 0 Å². The molecule has 1 aromatic heterocycles. The van der Waals surface area contributed by atoms with Gasteiger partial charge in [0.15, 0.2) is 0 Å². The van der Waals surface area contributed by atoms with Crippen LogP contribution in [0.5, 0.6) is 5.75 Å². The molecule has 2 aromatic rings. The molecule has 1 aliphatic rings. The Balaban J connectivity index is 1.62. The molecule has 0 bridgehead atoms. The van der Waals surface area contributed by atoms with Crippen molar-refractivity contribution in [1.29, 1.82) is 0 Å². The minimum absolute atomic E-state index is 0.0355. The average Bonchev–Trinajstić information content (AvgIpc) is 3.31. The van der Waals surface area contributed by atoms with Crippen molar-refractivity contribution in [2.45, 2.75) is 32.4 Å². The van der Waals surface area contributed by atoms with Gasteiger partial charge in [0.2, 0.25) is 5.91 Å². The average molecular weight is 375 g/mol. The molecule has 0 unspecified atom stereocenters. The summed E-state index contributed by atoms with van der Waals surface area (Å²) in [5, 5.41) is 5.05. The van der Waals surface area contributed by atoms with Gasteiger partial charge in [-0.3, -0.25) is 9.69 Å². The topological polar surface area (TPSA) is 50.8 Å². The van der Waals surface area contributed by atoms with Gasteiger partial charge < -0.3 is 14.8 Å². The summed E-state index contributed by atoms with van der Waals surface area (Å²) in [4.78, 5) is 16.1. The van der Waals surface area contributed by atoms with Crippen molar-refractivity contribution in [3.8, 4) is 5.75 Å². The second-order valence-corrected chi connectivity index (χ2v) is 7.39. The van der Waals surface area contributed by atoms with Crippen LogP contribution in [-0.4, -0.2) is 43.2 Å². The van der Waals surface area contributed by atoms with Crippen molar-refractivity contribution in [1.82, 2.24) is 4.90 Å². The molecule has 0 saturated carbocycles. The Labute approximate surface area is 158 Å². The van der Waals surface area contributed by atoms with E-state index in [-0.39, 0.29) is 12.0 Å². The predicted octanol–water partition coefficient (Wildman–Crippen LogP) is 3.77. The first kappa shape index (κ1) is 18.9. The second kappa shape index (κ2) is 9.71. The van der Waals surface area contributed by atoms with Crippen molar-refractivity contribution >= 4 is 22.9 Å². The molecule has 1 N–H and O–H groups in total. The maximum Gasteiger partial charge on any atom is 0.238 e. The molecule has 0 aliphatic carbocycles. The van der Waals surface area contributed by atoms with Crippen molar-refractivity contribution in [2.24, 2.45) is 0 Å². The molecular formula is C20H26N2O3S. The van der Waals surface area contributed by atoms with Gasteiger partial charge in [-0.15, -0.1) is 11.3 Å². The van der Waals surface area contributed by atoms with Crippen LogP contribution in [0.25, 0.3) is 0 Å². The van der Waals surface area contributed by atoms with E-state index in [1.807, 2.05) is 37.3 Å². The van der Waals surface area contributed by atoms with E-state index in [0.717, 1.165) is 32.5 Å². The summed E-state index contributed by atoms with van der Waals surface area (Å²) in [6.45, 7) is 5.19. The lowest BCUT2D eigenvalue weighted by Gasteiger charge is -2.24. The minimum atomic E-state index is -0.0355. The lowest BCUT2D eigenvalue weighted by atomic mass is 10.2. The van der Waals surface area contributed by atoms with Gasteiger partial charge in [0, 0.05) is 24.6 Å². The highest BCUT2D eigenvalue weighted by Gasteiger charge is 2.21. The maximum atomic E-state index is 12.6. The zero-order valence-electron chi connectivity index (χ0n) is 15.1. The van der Waals surface area contributed by atoms with E-state index < -0.39 is 0 Å². The third kappa shape index (κ3) is 5.56. The van der Waals surface area contributed by atoms with Gasteiger partial charge in [-0.05, 0) is 43.3 Å². The third-order valence-electron chi connectivity index (χ3n) is 4.27. The largest absolute Gasteiger partial charge is 0.492 e. The number of ether oxygens (including phenoxy) is 2. The number of carbonyl (C=O) groups excluding carboxylic acids is 1. The van der Waals surface area contributed by atoms with Gasteiger partial charge in [-0.1, -0.05) is 18.2 Å². The van der Waals surface area contributed by atoms with Crippen LogP contribution in [0.3, 0.4) is 0 Å². The molecule has 26 heavy (non-hydrogen) atoms. The number of rotatable bonds is 9. The molecule has 2 heterocycles. The van der Waals surface area contributed by atoms with Crippen molar-refractivity contribution in [3.05, 3.63) is 46.7 Å². The highest BCUT2D eigenvalue weighted by atomic mass is 32.1. The van der Waals surface area contributed by atoms with Crippen LogP contribution < -0.4 is 10.1 Å². The summed E-state index contributed by atoms with van der Waals surface area (Å²) < 4.78 is 11.4. The molecule has 3 rings (SSSR count). The Hall–Kier alpha value is -1.89. The first-order valence-electron chi connectivity index (χ1n) is 9.12. The maximum absolute atomic E-state index is 12.6. The van der Waals surface area contributed by atoms with E-state index in [2.05, 4.69) is 21.7 Å². The number of para-hydroxylation sites is 2. The van der Waals surface area contributed by atoms with E-state index in [9.17, 15) is 4.79 Å². The highest BCUT2D eigenvalue weighted by molar-refractivity contribution is 7.09. The van der Waals surface area contributed by atoms with Crippen molar-refractivity contribution in [3.63, 3.8) is 0 Å². The molecule has 0 spiro atoms. The first-order valence-corrected chi connectivity index (χ1v) is 10.0. The quantitative estimate of drug-likeness (QED) is 0.726. The predicted molar refractivity (Wildman–Crippen MR) is 105 cm³/mol. The van der Waals surface area contributed by atoms with E-state index in [1.54, 1.807) is 11.3 Å². The molecular weight excluding hydrogens is 348 g/mol. The number of benzene rings is 1. The second-order valence-electron chi connectivity index (χ2n) is 6.36. The van der Waals surface area contributed by atoms with E-state index in [0.29, 0.717) is 24.6 Å². The first-order chi connectivity index (χ1) is 12.7. The summed E-state index contributed by atoms with van der Waals surface area (Å²) >= 11 is 1.72. The zero-order chi connectivity index (χ0) is 18.2. The van der Waals surface area contributed by atoms with Gasteiger partial charge in [-0.25, -0.2) is 0 Å². The van der Waals surface area contributed by atoms with Gasteiger partial charge in [0.1, 0.15) is 5.75 Å². The van der Waals surface area contributed by atoms with E-state index in [1.165, 1.54) is 4.88 Å². The van der Waals surface area contributed by atoms with Crippen LogP contribution in [-0.2, 0) is 16.1 Å². The Bertz CT molecular complexity index is 684. The zero-order valence-corrected chi connectivity index (χ0v) is 16.0. The van der Waals surface area contributed by atoms with Gasteiger partial charge >= 0.3 is 0 Å². The number of amides is 1. The molecule has 5 nitrogen and oxygen atoms in total. The molecule has 140 valence electrons. The number of hydrogen-bond acceptors (Lipinski definition) is 5. The fourth-order valence-corrected chi connectivity index (χ4v) is 3.87. The van der Waals surface area contributed by atoms with E-state index in [4.69, 9.17) is 9.47 Å². The number of thiophene rings is 1.